The van der Waals surface area contributed by atoms with E-state index in [9.17, 15) is 10.2 Å². The highest BCUT2D eigenvalue weighted by molar-refractivity contribution is 5.32. The van der Waals surface area contributed by atoms with Crippen LogP contribution in [0.15, 0.2) is 24.3 Å². The normalized spacial score (nSPS) is 19.6. The van der Waals surface area contributed by atoms with Crippen LogP contribution in [0.4, 0.5) is 0 Å². The molecule has 0 saturated heterocycles. The fourth-order valence-electron chi connectivity index (χ4n) is 2.74. The van der Waals surface area contributed by atoms with E-state index in [0.717, 1.165) is 25.7 Å². The number of benzene rings is 1. The molecule has 0 spiro atoms. The Morgan fingerprint density at radius 2 is 2.00 bits per heavy atom. The fourth-order valence-corrected chi connectivity index (χ4v) is 2.74. The first-order valence-corrected chi connectivity index (χ1v) is 6.82. The van der Waals surface area contributed by atoms with Crippen LogP contribution in [-0.4, -0.2) is 29.0 Å². The van der Waals surface area contributed by atoms with Gasteiger partial charge in [-0.05, 0) is 36.8 Å². The second-order valence-corrected chi connectivity index (χ2v) is 5.24. The molecule has 1 atom stereocenters. The van der Waals surface area contributed by atoms with Crippen LogP contribution in [0.25, 0.3) is 0 Å². The molecule has 0 radical (unpaired) electrons. The van der Waals surface area contributed by atoms with E-state index < -0.39 is 5.54 Å². The minimum atomic E-state index is -0.560. The lowest BCUT2D eigenvalue weighted by Gasteiger charge is -2.37. The SMILES string of the molecule is CCC(CO)(CO)NC1CCCc2ccccc21. The zero-order valence-electron chi connectivity index (χ0n) is 11.0. The lowest BCUT2D eigenvalue weighted by Crippen LogP contribution is -2.53. The van der Waals surface area contributed by atoms with E-state index in [2.05, 4.69) is 29.6 Å². The summed E-state index contributed by atoms with van der Waals surface area (Å²) < 4.78 is 0. The molecule has 2 rings (SSSR count). The Morgan fingerprint density at radius 3 is 2.67 bits per heavy atom. The Labute approximate surface area is 109 Å². The largest absolute Gasteiger partial charge is 0.394 e. The molecule has 0 bridgehead atoms. The van der Waals surface area contributed by atoms with Gasteiger partial charge in [-0.25, -0.2) is 0 Å². The first-order valence-electron chi connectivity index (χ1n) is 6.82. The van der Waals surface area contributed by atoms with Crippen LogP contribution in [0.5, 0.6) is 0 Å². The zero-order valence-corrected chi connectivity index (χ0v) is 11.0. The molecule has 0 saturated carbocycles. The van der Waals surface area contributed by atoms with Gasteiger partial charge in [0.2, 0.25) is 0 Å². The molecule has 3 nitrogen and oxygen atoms in total. The van der Waals surface area contributed by atoms with Crippen molar-refractivity contribution in [3.63, 3.8) is 0 Å². The fraction of sp³-hybridized carbons (Fsp3) is 0.600. The molecule has 1 aromatic carbocycles. The van der Waals surface area contributed by atoms with Gasteiger partial charge in [0.15, 0.2) is 0 Å². The summed E-state index contributed by atoms with van der Waals surface area (Å²) in [6, 6.07) is 8.71. The Morgan fingerprint density at radius 1 is 1.28 bits per heavy atom. The van der Waals surface area contributed by atoms with Gasteiger partial charge in [0, 0.05) is 6.04 Å². The summed E-state index contributed by atoms with van der Waals surface area (Å²) in [6.45, 7) is 1.94. The summed E-state index contributed by atoms with van der Waals surface area (Å²) in [5.74, 6) is 0. The highest BCUT2D eigenvalue weighted by Crippen LogP contribution is 2.31. The third-order valence-electron chi connectivity index (χ3n) is 4.13. The van der Waals surface area contributed by atoms with Crippen molar-refractivity contribution in [1.29, 1.82) is 0 Å². The Hall–Kier alpha value is -0.900. The molecule has 0 aromatic heterocycles. The van der Waals surface area contributed by atoms with Crippen LogP contribution in [0.2, 0.25) is 0 Å². The third kappa shape index (κ3) is 2.58. The van der Waals surface area contributed by atoms with Gasteiger partial charge in [-0.3, -0.25) is 0 Å². The summed E-state index contributed by atoms with van der Waals surface area (Å²) in [4.78, 5) is 0. The van der Waals surface area contributed by atoms with Gasteiger partial charge < -0.3 is 15.5 Å². The highest BCUT2D eigenvalue weighted by atomic mass is 16.3. The van der Waals surface area contributed by atoms with Crippen LogP contribution in [-0.2, 0) is 6.42 Å². The number of hydrogen-bond donors (Lipinski definition) is 3. The van der Waals surface area contributed by atoms with Crippen molar-refractivity contribution in [2.75, 3.05) is 13.2 Å². The summed E-state index contributed by atoms with van der Waals surface area (Å²) >= 11 is 0. The molecule has 1 unspecified atom stereocenters. The number of rotatable bonds is 5. The van der Waals surface area contributed by atoms with Crippen molar-refractivity contribution in [2.24, 2.45) is 0 Å². The smallest absolute Gasteiger partial charge is 0.0650 e. The van der Waals surface area contributed by atoms with E-state index in [1.165, 1.54) is 11.1 Å². The van der Waals surface area contributed by atoms with E-state index in [1.54, 1.807) is 0 Å². The second kappa shape index (κ2) is 5.83. The molecule has 1 aliphatic rings. The maximum Gasteiger partial charge on any atom is 0.0650 e. The van der Waals surface area contributed by atoms with Crippen molar-refractivity contribution in [3.8, 4) is 0 Å². The highest BCUT2D eigenvalue weighted by Gasteiger charge is 2.31. The lowest BCUT2D eigenvalue weighted by atomic mass is 9.85. The molecule has 3 heteroatoms. The van der Waals surface area contributed by atoms with E-state index >= 15 is 0 Å². The summed E-state index contributed by atoms with van der Waals surface area (Å²) in [7, 11) is 0. The van der Waals surface area contributed by atoms with Crippen molar-refractivity contribution in [1.82, 2.24) is 5.32 Å². The molecular weight excluding hydrogens is 226 g/mol. The topological polar surface area (TPSA) is 52.5 Å². The van der Waals surface area contributed by atoms with E-state index in [-0.39, 0.29) is 19.3 Å². The number of fused-ring (bicyclic) bond motifs is 1. The molecule has 1 aromatic rings. The summed E-state index contributed by atoms with van der Waals surface area (Å²) in [5, 5.41) is 22.5. The van der Waals surface area contributed by atoms with Crippen LogP contribution in [0.1, 0.15) is 43.4 Å². The molecule has 1 aliphatic carbocycles. The van der Waals surface area contributed by atoms with Gasteiger partial charge in [-0.2, -0.15) is 0 Å². The maximum absolute atomic E-state index is 9.53. The van der Waals surface area contributed by atoms with Crippen LogP contribution >= 0.6 is 0 Å². The number of aliphatic hydroxyl groups is 2. The van der Waals surface area contributed by atoms with Crippen LogP contribution < -0.4 is 5.32 Å². The molecule has 0 amide bonds. The van der Waals surface area contributed by atoms with Crippen LogP contribution in [0.3, 0.4) is 0 Å². The van der Waals surface area contributed by atoms with E-state index in [1.807, 2.05) is 6.92 Å². The maximum atomic E-state index is 9.53. The molecule has 18 heavy (non-hydrogen) atoms. The summed E-state index contributed by atoms with van der Waals surface area (Å²) in [6.07, 6.45) is 4.08. The van der Waals surface area contributed by atoms with Gasteiger partial charge in [-0.1, -0.05) is 31.2 Å². The van der Waals surface area contributed by atoms with E-state index in [4.69, 9.17) is 0 Å². The molecule has 100 valence electrons. The lowest BCUT2D eigenvalue weighted by molar-refractivity contribution is 0.0752. The van der Waals surface area contributed by atoms with Gasteiger partial charge in [-0.15, -0.1) is 0 Å². The number of hydrogen-bond acceptors (Lipinski definition) is 3. The molecule has 0 aliphatic heterocycles. The van der Waals surface area contributed by atoms with Gasteiger partial charge >= 0.3 is 0 Å². The predicted octanol–water partition coefficient (Wildman–Crippen LogP) is 1.79. The molecule has 3 N–H and O–H groups in total. The van der Waals surface area contributed by atoms with Gasteiger partial charge in [0.1, 0.15) is 0 Å². The molecule has 0 heterocycles. The minimum absolute atomic E-state index is 0.0291. The average molecular weight is 249 g/mol. The standard InChI is InChI=1S/C15H23NO2/c1-2-15(10-17,11-18)16-14-9-5-7-12-6-3-4-8-13(12)14/h3-4,6,8,14,16-18H,2,5,7,9-11H2,1H3. The Kier molecular flexibility index (Phi) is 4.38. The van der Waals surface area contributed by atoms with E-state index in [0.29, 0.717) is 0 Å². The first kappa shape index (κ1) is 13.5. The predicted molar refractivity (Wildman–Crippen MR) is 72.5 cm³/mol. The average Bonchev–Trinajstić information content (AvgIpc) is 2.45. The Bertz CT molecular complexity index is 380. The third-order valence-corrected chi connectivity index (χ3v) is 4.13. The van der Waals surface area contributed by atoms with Gasteiger partial charge in [0.25, 0.3) is 0 Å². The minimum Gasteiger partial charge on any atom is -0.394 e. The van der Waals surface area contributed by atoms with Crippen LogP contribution in [0, 0.1) is 0 Å². The second-order valence-electron chi connectivity index (χ2n) is 5.24. The Balaban J connectivity index is 2.20. The monoisotopic (exact) mass is 249 g/mol. The zero-order chi connectivity index (χ0) is 13.0. The van der Waals surface area contributed by atoms with Crippen molar-refractivity contribution in [2.45, 2.75) is 44.2 Å². The van der Waals surface area contributed by atoms with Crippen molar-refractivity contribution in [3.05, 3.63) is 35.4 Å². The van der Waals surface area contributed by atoms with Crippen molar-refractivity contribution < 1.29 is 10.2 Å². The molecular formula is C15H23NO2. The molecule has 0 fully saturated rings. The number of nitrogens with one attached hydrogen (secondary N) is 1. The van der Waals surface area contributed by atoms with Gasteiger partial charge in [0.05, 0.1) is 18.8 Å². The first-order chi connectivity index (χ1) is 8.74. The quantitative estimate of drug-likeness (QED) is 0.745. The number of aliphatic hydroxyl groups excluding tert-OH is 2. The number of aryl methyl sites for hydroxylation is 1. The van der Waals surface area contributed by atoms with Crippen molar-refractivity contribution >= 4 is 0 Å². The summed E-state index contributed by atoms with van der Waals surface area (Å²) in [5.41, 5.74) is 2.15.